The molecule has 0 bridgehead atoms. The number of hydrogen-bond donors (Lipinski definition) is 2. The fourth-order valence-electron chi connectivity index (χ4n) is 2.54. The second-order valence-electron chi connectivity index (χ2n) is 5.35. The lowest BCUT2D eigenvalue weighted by atomic mass is 9.93. The molecular formula is C14H21ClN2O2. The summed E-state index contributed by atoms with van der Waals surface area (Å²) >= 11 is 6.07. The Bertz CT molecular complexity index is 459. The zero-order valence-electron chi connectivity index (χ0n) is 11.4. The molecule has 1 aliphatic rings. The standard InChI is InChI=1S/C14H21ClN2O2/c1-10-7-12(16)11(15)8-13(10)17(2)9-14(18)3-5-19-6-4-14/h7-8,18H,3-6,9,16H2,1-2H3. The fourth-order valence-corrected chi connectivity index (χ4v) is 2.70. The molecule has 4 nitrogen and oxygen atoms in total. The van der Waals surface area contributed by atoms with E-state index in [0.29, 0.717) is 43.3 Å². The number of nitrogen functional groups attached to an aromatic ring is 1. The minimum atomic E-state index is -0.687. The number of rotatable bonds is 3. The molecule has 0 unspecified atom stereocenters. The van der Waals surface area contributed by atoms with Gasteiger partial charge in [-0.3, -0.25) is 0 Å². The summed E-state index contributed by atoms with van der Waals surface area (Å²) in [6.07, 6.45) is 1.33. The predicted molar refractivity (Wildman–Crippen MR) is 78.9 cm³/mol. The molecule has 5 heteroatoms. The third-order valence-corrected chi connectivity index (χ3v) is 4.01. The SMILES string of the molecule is Cc1cc(N)c(Cl)cc1N(C)CC1(O)CCOCC1. The molecule has 0 atom stereocenters. The van der Waals surface area contributed by atoms with Crippen molar-refractivity contribution in [2.75, 3.05) is 37.4 Å². The number of anilines is 2. The minimum absolute atomic E-state index is 0.548. The molecule has 0 saturated carbocycles. The first-order valence-corrected chi connectivity index (χ1v) is 6.86. The van der Waals surface area contributed by atoms with Crippen molar-refractivity contribution in [3.63, 3.8) is 0 Å². The van der Waals surface area contributed by atoms with E-state index in [4.69, 9.17) is 22.1 Å². The van der Waals surface area contributed by atoms with E-state index in [0.717, 1.165) is 11.3 Å². The minimum Gasteiger partial charge on any atom is -0.398 e. The first-order valence-electron chi connectivity index (χ1n) is 6.48. The van der Waals surface area contributed by atoms with Crippen molar-refractivity contribution < 1.29 is 9.84 Å². The number of halogens is 1. The molecule has 0 radical (unpaired) electrons. The highest BCUT2D eigenvalue weighted by Crippen LogP contribution is 2.31. The molecular weight excluding hydrogens is 264 g/mol. The van der Waals surface area contributed by atoms with Crippen molar-refractivity contribution in [2.24, 2.45) is 0 Å². The topological polar surface area (TPSA) is 58.7 Å². The van der Waals surface area contributed by atoms with Crippen LogP contribution in [-0.4, -0.2) is 37.5 Å². The molecule has 106 valence electrons. The second kappa shape index (κ2) is 5.57. The van der Waals surface area contributed by atoms with Crippen LogP contribution in [-0.2, 0) is 4.74 Å². The van der Waals surface area contributed by atoms with Crippen molar-refractivity contribution >= 4 is 23.0 Å². The summed E-state index contributed by atoms with van der Waals surface area (Å²) in [5.74, 6) is 0. The zero-order valence-corrected chi connectivity index (χ0v) is 12.2. The number of aliphatic hydroxyl groups is 1. The molecule has 1 heterocycles. The molecule has 3 N–H and O–H groups in total. The van der Waals surface area contributed by atoms with Crippen molar-refractivity contribution in [3.8, 4) is 0 Å². The summed E-state index contributed by atoms with van der Waals surface area (Å²) in [6.45, 7) is 3.79. The van der Waals surface area contributed by atoms with Gasteiger partial charge in [0.2, 0.25) is 0 Å². The summed E-state index contributed by atoms with van der Waals surface area (Å²) in [7, 11) is 1.96. The van der Waals surface area contributed by atoms with Crippen molar-refractivity contribution in [2.45, 2.75) is 25.4 Å². The Morgan fingerprint density at radius 3 is 2.68 bits per heavy atom. The summed E-state index contributed by atoms with van der Waals surface area (Å²) in [4.78, 5) is 2.03. The van der Waals surface area contributed by atoms with Gasteiger partial charge in [-0.05, 0) is 24.6 Å². The Labute approximate surface area is 119 Å². The lowest BCUT2D eigenvalue weighted by Crippen LogP contribution is -2.45. The van der Waals surface area contributed by atoms with Gasteiger partial charge in [0, 0.05) is 45.3 Å². The number of nitrogens with zero attached hydrogens (tertiary/aromatic N) is 1. The van der Waals surface area contributed by atoms with Gasteiger partial charge in [0.15, 0.2) is 0 Å². The zero-order chi connectivity index (χ0) is 14.0. The summed E-state index contributed by atoms with van der Waals surface area (Å²) in [5.41, 5.74) is 7.74. The van der Waals surface area contributed by atoms with Gasteiger partial charge >= 0.3 is 0 Å². The van der Waals surface area contributed by atoms with Crippen LogP contribution in [0.4, 0.5) is 11.4 Å². The summed E-state index contributed by atoms with van der Waals surface area (Å²) in [6, 6.07) is 3.72. The van der Waals surface area contributed by atoms with Gasteiger partial charge in [-0.15, -0.1) is 0 Å². The predicted octanol–water partition coefficient (Wildman–Crippen LogP) is 2.21. The lowest BCUT2D eigenvalue weighted by molar-refractivity contribution is -0.0572. The number of likely N-dealkylation sites (N-methyl/N-ethyl adjacent to an activating group) is 1. The van der Waals surface area contributed by atoms with E-state index in [1.807, 2.05) is 31.0 Å². The van der Waals surface area contributed by atoms with Gasteiger partial charge in [0.1, 0.15) is 0 Å². The van der Waals surface area contributed by atoms with E-state index in [1.54, 1.807) is 0 Å². The monoisotopic (exact) mass is 284 g/mol. The van der Waals surface area contributed by atoms with Gasteiger partial charge in [0.25, 0.3) is 0 Å². The number of ether oxygens (including phenoxy) is 1. The third kappa shape index (κ3) is 3.32. The molecule has 0 amide bonds. The van der Waals surface area contributed by atoms with Gasteiger partial charge in [-0.25, -0.2) is 0 Å². The quantitative estimate of drug-likeness (QED) is 0.836. The molecule has 1 saturated heterocycles. The summed E-state index contributed by atoms with van der Waals surface area (Å²) < 4.78 is 5.29. The van der Waals surface area contributed by atoms with Gasteiger partial charge in [-0.1, -0.05) is 11.6 Å². The Balaban J connectivity index is 2.15. The first kappa shape index (κ1) is 14.4. The van der Waals surface area contributed by atoms with Crippen molar-refractivity contribution in [3.05, 3.63) is 22.7 Å². The number of hydrogen-bond acceptors (Lipinski definition) is 4. The number of nitrogens with two attached hydrogens (primary N) is 1. The molecule has 0 aliphatic carbocycles. The van der Waals surface area contributed by atoms with E-state index < -0.39 is 5.60 Å². The highest BCUT2D eigenvalue weighted by molar-refractivity contribution is 6.33. The molecule has 19 heavy (non-hydrogen) atoms. The van der Waals surface area contributed by atoms with Gasteiger partial charge < -0.3 is 20.5 Å². The Morgan fingerprint density at radius 2 is 2.05 bits per heavy atom. The average molecular weight is 285 g/mol. The molecule has 2 rings (SSSR count). The van der Waals surface area contributed by atoms with Crippen molar-refractivity contribution in [1.29, 1.82) is 0 Å². The lowest BCUT2D eigenvalue weighted by Gasteiger charge is -2.36. The molecule has 0 spiro atoms. The van der Waals surface area contributed by atoms with Crippen LogP contribution < -0.4 is 10.6 Å². The maximum atomic E-state index is 10.5. The van der Waals surface area contributed by atoms with Gasteiger partial charge in [-0.2, -0.15) is 0 Å². The van der Waals surface area contributed by atoms with Crippen LogP contribution in [0.25, 0.3) is 0 Å². The Kier molecular flexibility index (Phi) is 4.23. The maximum absolute atomic E-state index is 10.5. The molecule has 1 aromatic carbocycles. The van der Waals surface area contributed by atoms with Crippen LogP contribution in [0.15, 0.2) is 12.1 Å². The smallest absolute Gasteiger partial charge is 0.0865 e. The van der Waals surface area contributed by atoms with Crippen LogP contribution in [0.2, 0.25) is 5.02 Å². The summed E-state index contributed by atoms with van der Waals surface area (Å²) in [5, 5.41) is 11.1. The fraction of sp³-hybridized carbons (Fsp3) is 0.571. The average Bonchev–Trinajstić information content (AvgIpc) is 2.34. The maximum Gasteiger partial charge on any atom is 0.0865 e. The third-order valence-electron chi connectivity index (χ3n) is 3.68. The van der Waals surface area contributed by atoms with Crippen LogP contribution in [0.3, 0.4) is 0 Å². The van der Waals surface area contributed by atoms with Crippen molar-refractivity contribution in [1.82, 2.24) is 0 Å². The van der Waals surface area contributed by atoms with Gasteiger partial charge in [0.05, 0.1) is 16.3 Å². The van der Waals surface area contributed by atoms with Crippen LogP contribution in [0.5, 0.6) is 0 Å². The number of aryl methyl sites for hydroxylation is 1. The van der Waals surface area contributed by atoms with Crippen LogP contribution >= 0.6 is 11.6 Å². The van der Waals surface area contributed by atoms with E-state index in [-0.39, 0.29) is 0 Å². The highest BCUT2D eigenvalue weighted by Gasteiger charge is 2.31. The molecule has 1 aliphatic heterocycles. The van der Waals surface area contributed by atoms with Crippen LogP contribution in [0.1, 0.15) is 18.4 Å². The Morgan fingerprint density at radius 1 is 1.42 bits per heavy atom. The highest BCUT2D eigenvalue weighted by atomic mass is 35.5. The van der Waals surface area contributed by atoms with Crippen LogP contribution in [0, 0.1) is 6.92 Å². The van der Waals surface area contributed by atoms with E-state index in [2.05, 4.69) is 0 Å². The first-order chi connectivity index (χ1) is 8.91. The van der Waals surface area contributed by atoms with E-state index in [9.17, 15) is 5.11 Å². The molecule has 0 aromatic heterocycles. The Hall–Kier alpha value is -0.970. The second-order valence-corrected chi connectivity index (χ2v) is 5.76. The molecule has 1 aromatic rings. The largest absolute Gasteiger partial charge is 0.398 e. The van der Waals surface area contributed by atoms with E-state index >= 15 is 0 Å². The van der Waals surface area contributed by atoms with E-state index in [1.165, 1.54) is 0 Å². The number of benzene rings is 1. The normalized spacial score (nSPS) is 18.3. The molecule has 1 fully saturated rings.